The first-order valence-electron chi connectivity index (χ1n) is 27.0. The van der Waals surface area contributed by atoms with E-state index in [1.165, 1.54) is 77.0 Å². The van der Waals surface area contributed by atoms with Crippen molar-refractivity contribution in [1.29, 1.82) is 0 Å². The molecule has 71 heavy (non-hydrogen) atoms. The Bertz CT molecular complexity index is 2290. The normalized spacial score (nSPS) is 13.4. The average molecular weight is 1030 g/mol. The van der Waals surface area contributed by atoms with Crippen LogP contribution in [0.5, 0.6) is 0 Å². The molecule has 0 aliphatic rings. The lowest BCUT2D eigenvalue weighted by molar-refractivity contribution is -0.161. The first-order chi connectivity index (χ1) is 34.0. The minimum atomic E-state index is -4.75. The molecule has 4 rings (SSSR count). The van der Waals surface area contributed by atoms with Crippen LogP contribution in [0.15, 0.2) is 83.8 Å². The monoisotopic (exact) mass is 1020 g/mol. The molecule has 4 aromatic carbocycles. The second-order valence-electron chi connectivity index (χ2n) is 18.9. The van der Waals surface area contributed by atoms with Crippen LogP contribution in [-0.2, 0) is 42.7 Å². The summed E-state index contributed by atoms with van der Waals surface area (Å²) in [6.45, 7) is 2.77. The molecular formula is C57H89N2O10PS. The maximum atomic E-state index is 13.5. The minimum absolute atomic E-state index is 0. The van der Waals surface area contributed by atoms with E-state index < -0.39 is 49.1 Å². The van der Waals surface area contributed by atoms with Gasteiger partial charge in [0.2, 0.25) is 10.0 Å². The van der Waals surface area contributed by atoms with E-state index in [4.69, 9.17) is 18.5 Å². The fourth-order valence-electron chi connectivity index (χ4n) is 8.87. The summed E-state index contributed by atoms with van der Waals surface area (Å²) in [6, 6.07) is 17.0. The van der Waals surface area contributed by atoms with Gasteiger partial charge < -0.3 is 20.5 Å². The first kappa shape index (κ1) is 61.6. The van der Waals surface area contributed by atoms with Gasteiger partial charge in [-0.1, -0.05) is 189 Å². The van der Waals surface area contributed by atoms with Crippen LogP contribution in [0.1, 0.15) is 194 Å². The highest BCUT2D eigenvalue weighted by atomic mass is 32.2. The zero-order chi connectivity index (χ0) is 50.1. The molecule has 14 heteroatoms. The maximum Gasteiger partial charge on any atom is 0.472 e. The molecule has 0 aliphatic carbocycles. The van der Waals surface area contributed by atoms with Gasteiger partial charge in [-0.3, -0.25) is 18.6 Å². The third kappa shape index (κ3) is 24.7. The molecule has 1 unspecified atom stereocenters. The van der Waals surface area contributed by atoms with E-state index in [1.807, 2.05) is 36.4 Å². The molecule has 5 N–H and O–H groups in total. The second-order valence-corrected chi connectivity index (χ2v) is 22.1. The zero-order valence-corrected chi connectivity index (χ0v) is 45.1. The summed E-state index contributed by atoms with van der Waals surface area (Å²) in [4.78, 5) is 36.3. The van der Waals surface area contributed by atoms with Crippen LogP contribution in [0.2, 0.25) is 0 Å². The molecule has 0 saturated carbocycles. The van der Waals surface area contributed by atoms with Crippen LogP contribution in [0.3, 0.4) is 0 Å². The molecular weight excluding hydrogens is 936 g/mol. The number of hydrogen-bond acceptors (Lipinski definition) is 10. The Labute approximate surface area is 427 Å². The summed E-state index contributed by atoms with van der Waals surface area (Å²) in [5.74, 6) is -0.967. The molecule has 2 atom stereocenters. The van der Waals surface area contributed by atoms with Gasteiger partial charge in [-0.25, -0.2) is 17.7 Å². The van der Waals surface area contributed by atoms with Crippen molar-refractivity contribution in [1.82, 2.24) is 10.9 Å². The summed E-state index contributed by atoms with van der Waals surface area (Å²) in [5.41, 5.74) is 0. The predicted molar refractivity (Wildman–Crippen MR) is 292 cm³/mol. The third-order valence-electron chi connectivity index (χ3n) is 12.9. The SMILES string of the molecule is CCCCCCCC/C=C\CCCCCCCC(=O)OC[C@H](COP(=O)(O)OCCNS(=O)(=O)c1ccc2ccc3cccc4ccc1c2c34)OC(=O)CCCCCCC/C=C\CCCCCCCC.N. The van der Waals surface area contributed by atoms with E-state index in [9.17, 15) is 27.5 Å². The van der Waals surface area contributed by atoms with Gasteiger partial charge >= 0.3 is 19.8 Å². The molecule has 0 heterocycles. The highest BCUT2D eigenvalue weighted by molar-refractivity contribution is 7.89. The Morgan fingerprint density at radius 3 is 1.56 bits per heavy atom. The van der Waals surface area contributed by atoms with Crippen molar-refractivity contribution in [3.63, 3.8) is 0 Å². The Morgan fingerprint density at radius 1 is 0.577 bits per heavy atom. The molecule has 0 bridgehead atoms. The number of ether oxygens (including phenoxy) is 2. The lowest BCUT2D eigenvalue weighted by Gasteiger charge is -2.20. The standard InChI is InChI=1S/C57H86NO10PS.H3N/c1-3-5-7-9-11-13-15-17-19-21-23-25-27-29-31-36-54(59)65-46-51(68-55(60)37-32-30-28-26-24-22-20-18-16-14-12-10-8-6-4-2)47-67-69(61,62)66-45-44-58-70(63,64)53-43-41-50-39-38-48-34-33-35-49-40-42-52(53)57(50)56(48)49;/h17-20,33-35,38-43,51,58H,3-16,21-32,36-37,44-47H2,1-2H3,(H,61,62);1H3/b19-17-,20-18-;/t51-;/m1./s1. The fourth-order valence-corrected chi connectivity index (χ4v) is 10.8. The van der Waals surface area contributed by atoms with Gasteiger partial charge in [-0.2, -0.15) is 0 Å². The van der Waals surface area contributed by atoms with Crippen LogP contribution in [-0.4, -0.2) is 57.7 Å². The van der Waals surface area contributed by atoms with Crippen LogP contribution in [0.25, 0.3) is 32.3 Å². The number of phosphoric acid groups is 1. The minimum Gasteiger partial charge on any atom is -0.462 e. The highest BCUT2D eigenvalue weighted by Gasteiger charge is 2.27. The number of nitrogens with one attached hydrogen (secondary N) is 1. The van der Waals surface area contributed by atoms with E-state index in [0.29, 0.717) is 18.2 Å². The van der Waals surface area contributed by atoms with Crippen LogP contribution in [0, 0.1) is 0 Å². The molecule has 398 valence electrons. The Kier molecular flexibility index (Phi) is 31.5. The predicted octanol–water partition coefficient (Wildman–Crippen LogP) is 15.7. The highest BCUT2D eigenvalue weighted by Crippen LogP contribution is 2.43. The number of sulfonamides is 1. The molecule has 4 aromatic rings. The molecule has 0 radical (unpaired) electrons. The van der Waals surface area contributed by atoms with Gasteiger partial charge in [0.1, 0.15) is 6.61 Å². The summed E-state index contributed by atoms with van der Waals surface area (Å²) < 4.78 is 64.0. The summed E-state index contributed by atoms with van der Waals surface area (Å²) in [5, 5.41) is 5.33. The molecule has 0 fully saturated rings. The van der Waals surface area contributed by atoms with E-state index in [2.05, 4.69) is 42.9 Å². The van der Waals surface area contributed by atoms with Crippen LogP contribution < -0.4 is 10.9 Å². The van der Waals surface area contributed by atoms with E-state index in [0.717, 1.165) is 104 Å². The molecule has 0 amide bonds. The number of carbonyl (C=O) groups excluding carboxylic acids is 2. The number of phosphoric ester groups is 1. The first-order valence-corrected chi connectivity index (χ1v) is 30.0. The number of unbranched alkanes of at least 4 members (excludes halogenated alkanes) is 22. The van der Waals surface area contributed by atoms with Crippen LogP contribution >= 0.6 is 7.82 Å². The van der Waals surface area contributed by atoms with Gasteiger partial charge in [0.15, 0.2) is 6.10 Å². The number of rotatable bonds is 42. The Hall–Kier alpha value is -3.68. The summed E-state index contributed by atoms with van der Waals surface area (Å²) >= 11 is 0. The van der Waals surface area contributed by atoms with Gasteiger partial charge in [-0.05, 0) is 97.2 Å². The zero-order valence-electron chi connectivity index (χ0n) is 43.4. The molecule has 0 aliphatic heterocycles. The molecule has 12 nitrogen and oxygen atoms in total. The van der Waals surface area contributed by atoms with Gasteiger partial charge in [0.25, 0.3) is 0 Å². The van der Waals surface area contributed by atoms with Crippen molar-refractivity contribution in [2.75, 3.05) is 26.4 Å². The Balaban J connectivity index is 0.0000133. The van der Waals surface area contributed by atoms with E-state index >= 15 is 0 Å². The largest absolute Gasteiger partial charge is 0.472 e. The summed E-state index contributed by atoms with van der Waals surface area (Å²) in [6.07, 6.45) is 38.0. The smallest absolute Gasteiger partial charge is 0.462 e. The number of hydrogen-bond donors (Lipinski definition) is 3. The van der Waals surface area contributed by atoms with Crippen molar-refractivity contribution >= 4 is 62.1 Å². The van der Waals surface area contributed by atoms with Crippen molar-refractivity contribution in [3.05, 3.63) is 78.9 Å². The van der Waals surface area contributed by atoms with Crippen LogP contribution in [0.4, 0.5) is 0 Å². The average Bonchev–Trinajstić information content (AvgIpc) is 3.35. The maximum absolute atomic E-state index is 13.5. The number of esters is 2. The lowest BCUT2D eigenvalue weighted by atomic mass is 9.94. The third-order valence-corrected chi connectivity index (χ3v) is 15.4. The van der Waals surface area contributed by atoms with Crippen molar-refractivity contribution in [2.45, 2.75) is 205 Å². The fraction of sp³-hybridized carbons (Fsp3) is 0.614. The molecule has 0 saturated heterocycles. The Morgan fingerprint density at radius 2 is 1.03 bits per heavy atom. The van der Waals surface area contributed by atoms with E-state index in [1.54, 1.807) is 18.2 Å². The van der Waals surface area contributed by atoms with Gasteiger partial charge in [-0.15, -0.1) is 0 Å². The molecule has 0 aromatic heterocycles. The number of allylic oxidation sites excluding steroid dienone is 4. The lowest BCUT2D eigenvalue weighted by Crippen LogP contribution is -2.30. The molecule has 0 spiro atoms. The van der Waals surface area contributed by atoms with Gasteiger partial charge in [0, 0.05) is 24.8 Å². The van der Waals surface area contributed by atoms with Crippen molar-refractivity contribution in [3.8, 4) is 0 Å². The number of carbonyl (C=O) groups is 2. The quantitative estimate of drug-likeness (QED) is 0.0126. The van der Waals surface area contributed by atoms with Crippen molar-refractivity contribution < 1.29 is 46.0 Å². The van der Waals surface area contributed by atoms with Gasteiger partial charge in [0.05, 0.1) is 18.1 Å². The second kappa shape index (κ2) is 36.3. The van der Waals surface area contributed by atoms with Crippen molar-refractivity contribution in [2.24, 2.45) is 0 Å². The topological polar surface area (TPSA) is 190 Å². The number of benzene rings is 4. The van der Waals surface area contributed by atoms with E-state index in [-0.39, 0.29) is 37.0 Å². The summed E-state index contributed by atoms with van der Waals surface area (Å²) in [7, 11) is -8.80.